The lowest BCUT2D eigenvalue weighted by Gasteiger charge is -2.23. The topological polar surface area (TPSA) is 42.8 Å². The summed E-state index contributed by atoms with van der Waals surface area (Å²) in [5, 5.41) is 2.99. The third-order valence-corrected chi connectivity index (χ3v) is 3.86. The van der Waals surface area contributed by atoms with Crippen LogP contribution >= 0.6 is 0 Å². The summed E-state index contributed by atoms with van der Waals surface area (Å²) in [5.74, 6) is 0.0182. The smallest absolute Gasteiger partial charge is 0.251 e. The third-order valence-electron chi connectivity index (χ3n) is 3.86. The maximum atomic E-state index is 12.0. The van der Waals surface area contributed by atoms with Crippen LogP contribution in [0.5, 0.6) is 0 Å². The first-order valence-electron chi connectivity index (χ1n) is 7.50. The van der Waals surface area contributed by atoms with Crippen LogP contribution in [-0.2, 0) is 11.3 Å². The highest BCUT2D eigenvalue weighted by Gasteiger charge is 2.14. The number of benzene rings is 1. The summed E-state index contributed by atoms with van der Waals surface area (Å²) in [6, 6.07) is 8.20. The predicted octanol–water partition coefficient (Wildman–Crippen LogP) is 0.630. The van der Waals surface area contributed by atoms with Gasteiger partial charge in [0, 0.05) is 17.2 Å². The summed E-state index contributed by atoms with van der Waals surface area (Å²) < 4.78 is 5.36. The molecule has 1 amide bonds. The average molecular weight is 277 g/mol. The Balaban J connectivity index is 1.90. The van der Waals surface area contributed by atoms with Gasteiger partial charge >= 0.3 is 0 Å². The Labute approximate surface area is 121 Å². The lowest BCUT2D eigenvalue weighted by atomic mass is 10.1. The molecular formula is C16H25N2O2+. The number of carbonyl (C=O) groups is 1. The fourth-order valence-electron chi connectivity index (χ4n) is 2.31. The van der Waals surface area contributed by atoms with E-state index in [2.05, 4.69) is 24.4 Å². The van der Waals surface area contributed by atoms with E-state index in [1.54, 1.807) is 4.90 Å². The molecule has 0 unspecified atom stereocenters. The van der Waals surface area contributed by atoms with Crippen LogP contribution < -0.4 is 10.2 Å². The van der Waals surface area contributed by atoms with Crippen molar-refractivity contribution < 1.29 is 14.4 Å². The van der Waals surface area contributed by atoms with Gasteiger partial charge in [-0.2, -0.15) is 0 Å². The third kappa shape index (κ3) is 4.32. The molecule has 0 bridgehead atoms. The SMILES string of the molecule is CC[C@H](C)NC(=O)c1ccc(C[NH+]2CCOCC2)cc1. The number of rotatable bonds is 5. The van der Waals surface area contributed by atoms with Crippen molar-refractivity contribution in [1.82, 2.24) is 5.32 Å². The molecule has 4 heteroatoms. The van der Waals surface area contributed by atoms with E-state index in [9.17, 15) is 4.79 Å². The lowest BCUT2D eigenvalue weighted by Crippen LogP contribution is -3.12. The molecule has 1 atom stereocenters. The molecule has 1 aliphatic heterocycles. The van der Waals surface area contributed by atoms with Gasteiger partial charge in [-0.05, 0) is 25.5 Å². The van der Waals surface area contributed by atoms with E-state index in [1.165, 1.54) is 5.56 Å². The zero-order chi connectivity index (χ0) is 14.4. The van der Waals surface area contributed by atoms with E-state index in [0.29, 0.717) is 0 Å². The molecule has 20 heavy (non-hydrogen) atoms. The number of nitrogens with one attached hydrogen (secondary N) is 2. The second kappa shape index (κ2) is 7.41. The van der Waals surface area contributed by atoms with Crippen molar-refractivity contribution in [2.24, 2.45) is 0 Å². The van der Waals surface area contributed by atoms with E-state index in [0.717, 1.165) is 44.8 Å². The highest BCUT2D eigenvalue weighted by atomic mass is 16.5. The van der Waals surface area contributed by atoms with Gasteiger partial charge in [-0.1, -0.05) is 19.1 Å². The van der Waals surface area contributed by atoms with Crippen LogP contribution in [0.15, 0.2) is 24.3 Å². The summed E-state index contributed by atoms with van der Waals surface area (Å²) in [4.78, 5) is 13.5. The van der Waals surface area contributed by atoms with Crippen molar-refractivity contribution in [3.63, 3.8) is 0 Å². The maximum absolute atomic E-state index is 12.0. The monoisotopic (exact) mass is 277 g/mol. The van der Waals surface area contributed by atoms with Gasteiger partial charge in [0.05, 0.1) is 13.2 Å². The van der Waals surface area contributed by atoms with Crippen LogP contribution in [-0.4, -0.2) is 38.3 Å². The molecule has 2 N–H and O–H groups in total. The van der Waals surface area contributed by atoms with Gasteiger partial charge in [-0.3, -0.25) is 4.79 Å². The fraction of sp³-hybridized carbons (Fsp3) is 0.562. The van der Waals surface area contributed by atoms with Crippen molar-refractivity contribution in [2.75, 3.05) is 26.3 Å². The van der Waals surface area contributed by atoms with E-state index < -0.39 is 0 Å². The van der Waals surface area contributed by atoms with Crippen LogP contribution in [0.25, 0.3) is 0 Å². The number of carbonyl (C=O) groups excluding carboxylic acids is 1. The van der Waals surface area contributed by atoms with Gasteiger partial charge < -0.3 is 15.0 Å². The molecule has 1 aromatic rings. The lowest BCUT2D eigenvalue weighted by molar-refractivity contribution is -0.921. The number of quaternary nitrogens is 1. The van der Waals surface area contributed by atoms with E-state index in [-0.39, 0.29) is 11.9 Å². The Morgan fingerprint density at radius 3 is 2.55 bits per heavy atom. The van der Waals surface area contributed by atoms with Gasteiger partial charge in [0.2, 0.25) is 0 Å². The number of hydrogen-bond acceptors (Lipinski definition) is 2. The number of ether oxygens (including phenoxy) is 1. The largest absolute Gasteiger partial charge is 0.370 e. The molecule has 1 saturated heterocycles. The molecule has 0 spiro atoms. The second-order valence-corrected chi connectivity index (χ2v) is 5.52. The van der Waals surface area contributed by atoms with Crippen molar-refractivity contribution in [3.8, 4) is 0 Å². The first kappa shape index (κ1) is 15.0. The summed E-state index contributed by atoms with van der Waals surface area (Å²) in [6.45, 7) is 8.94. The molecule has 1 heterocycles. The average Bonchev–Trinajstić information content (AvgIpc) is 2.49. The summed E-state index contributed by atoms with van der Waals surface area (Å²) in [5.41, 5.74) is 2.02. The molecule has 1 aromatic carbocycles. The van der Waals surface area contributed by atoms with Gasteiger partial charge in [0.25, 0.3) is 5.91 Å². The Kier molecular flexibility index (Phi) is 5.56. The highest BCUT2D eigenvalue weighted by molar-refractivity contribution is 5.94. The van der Waals surface area contributed by atoms with Crippen LogP contribution in [0.2, 0.25) is 0 Å². The molecule has 1 fully saturated rings. The minimum absolute atomic E-state index is 0.0182. The Hall–Kier alpha value is -1.39. The van der Waals surface area contributed by atoms with Crippen LogP contribution in [0.1, 0.15) is 36.2 Å². The first-order chi connectivity index (χ1) is 9.69. The van der Waals surface area contributed by atoms with Crippen molar-refractivity contribution >= 4 is 5.91 Å². The van der Waals surface area contributed by atoms with Crippen molar-refractivity contribution in [2.45, 2.75) is 32.9 Å². The second-order valence-electron chi connectivity index (χ2n) is 5.52. The minimum atomic E-state index is 0.0182. The van der Waals surface area contributed by atoms with Crippen LogP contribution in [0.3, 0.4) is 0 Å². The van der Waals surface area contributed by atoms with Gasteiger partial charge in [-0.15, -0.1) is 0 Å². The van der Waals surface area contributed by atoms with Gasteiger partial charge in [0.15, 0.2) is 0 Å². The molecule has 0 radical (unpaired) electrons. The molecule has 4 nitrogen and oxygen atoms in total. The standard InChI is InChI=1S/C16H24N2O2/c1-3-13(2)17-16(19)15-6-4-14(5-7-15)12-18-8-10-20-11-9-18/h4-7,13H,3,8-12H2,1-2H3,(H,17,19)/p+1/t13-/m0/s1. The van der Waals surface area contributed by atoms with Crippen LogP contribution in [0.4, 0.5) is 0 Å². The summed E-state index contributed by atoms with van der Waals surface area (Å²) >= 11 is 0. The molecule has 2 rings (SSSR count). The van der Waals surface area contributed by atoms with E-state index >= 15 is 0 Å². The Morgan fingerprint density at radius 2 is 1.95 bits per heavy atom. The number of morpholine rings is 1. The zero-order valence-electron chi connectivity index (χ0n) is 12.4. The predicted molar refractivity (Wildman–Crippen MR) is 78.9 cm³/mol. The number of amides is 1. The summed E-state index contributed by atoms with van der Waals surface area (Å²) in [7, 11) is 0. The van der Waals surface area contributed by atoms with E-state index in [4.69, 9.17) is 4.74 Å². The molecule has 0 aliphatic carbocycles. The fourth-order valence-corrected chi connectivity index (χ4v) is 2.31. The van der Waals surface area contributed by atoms with E-state index in [1.807, 2.05) is 19.1 Å². The zero-order valence-corrected chi connectivity index (χ0v) is 12.4. The maximum Gasteiger partial charge on any atom is 0.251 e. The van der Waals surface area contributed by atoms with Gasteiger partial charge in [0.1, 0.15) is 19.6 Å². The molecule has 0 saturated carbocycles. The Morgan fingerprint density at radius 1 is 1.30 bits per heavy atom. The Bertz CT molecular complexity index is 425. The summed E-state index contributed by atoms with van der Waals surface area (Å²) in [6.07, 6.45) is 0.949. The first-order valence-corrected chi connectivity index (χ1v) is 7.50. The molecule has 110 valence electrons. The highest BCUT2D eigenvalue weighted by Crippen LogP contribution is 2.04. The van der Waals surface area contributed by atoms with Crippen molar-refractivity contribution in [1.29, 1.82) is 0 Å². The molecule has 1 aliphatic rings. The minimum Gasteiger partial charge on any atom is -0.370 e. The van der Waals surface area contributed by atoms with Crippen molar-refractivity contribution in [3.05, 3.63) is 35.4 Å². The number of hydrogen-bond donors (Lipinski definition) is 2. The van der Waals surface area contributed by atoms with Gasteiger partial charge in [-0.25, -0.2) is 0 Å². The quantitative estimate of drug-likeness (QED) is 0.829. The normalized spacial score (nSPS) is 17.7. The molecule has 0 aromatic heterocycles. The van der Waals surface area contributed by atoms with Crippen LogP contribution in [0, 0.1) is 0 Å². The molecular weight excluding hydrogens is 252 g/mol.